The van der Waals surface area contributed by atoms with Crippen LogP contribution in [0.5, 0.6) is 11.5 Å². The number of ether oxygens (including phenoxy) is 1. The number of nitrogens with zero attached hydrogens (tertiary/aromatic N) is 4. The molecule has 56 heavy (non-hydrogen) atoms. The SMILES string of the molecule is Cc1cc(C)c(-c2cc(C)c(N3CN(c4cccc(Oc5ccc6c7ccccc7n(-c7cc(C(C)(C)C)ccn7)c6c5)c4)c4ccccc43)c(C)c2)c(C)c1. The first-order valence-electron chi connectivity index (χ1n) is 19.6. The van der Waals surface area contributed by atoms with E-state index in [1.165, 1.54) is 72.3 Å². The minimum Gasteiger partial charge on any atom is -0.457 e. The van der Waals surface area contributed by atoms with E-state index >= 15 is 0 Å². The fraction of sp³-hybridized carbons (Fsp3) is 0.196. The molecule has 1 aliphatic rings. The van der Waals surface area contributed by atoms with Crippen molar-refractivity contribution in [3.05, 3.63) is 167 Å². The Morgan fingerprint density at radius 3 is 1.96 bits per heavy atom. The van der Waals surface area contributed by atoms with E-state index in [9.17, 15) is 0 Å². The van der Waals surface area contributed by atoms with Crippen LogP contribution >= 0.6 is 0 Å². The number of benzene rings is 6. The quantitative estimate of drug-likeness (QED) is 0.170. The van der Waals surface area contributed by atoms with Gasteiger partial charge in [0.05, 0.1) is 22.4 Å². The van der Waals surface area contributed by atoms with Gasteiger partial charge in [-0.15, -0.1) is 0 Å². The molecule has 1 aliphatic heterocycles. The Labute approximate surface area is 330 Å². The maximum Gasteiger partial charge on any atom is 0.137 e. The van der Waals surface area contributed by atoms with Gasteiger partial charge in [0.2, 0.25) is 0 Å². The van der Waals surface area contributed by atoms with Crippen LogP contribution in [0, 0.1) is 34.6 Å². The van der Waals surface area contributed by atoms with Gasteiger partial charge in [0.15, 0.2) is 0 Å². The average Bonchev–Trinajstić information content (AvgIpc) is 3.70. The number of pyridine rings is 1. The van der Waals surface area contributed by atoms with Gasteiger partial charge in [-0.2, -0.15) is 0 Å². The summed E-state index contributed by atoms with van der Waals surface area (Å²) < 4.78 is 8.96. The van der Waals surface area contributed by atoms with Gasteiger partial charge in [0.25, 0.3) is 0 Å². The third-order valence-electron chi connectivity index (χ3n) is 11.3. The number of para-hydroxylation sites is 3. The van der Waals surface area contributed by atoms with Crippen molar-refractivity contribution in [2.24, 2.45) is 0 Å². The van der Waals surface area contributed by atoms with Gasteiger partial charge < -0.3 is 14.5 Å². The first-order valence-corrected chi connectivity index (χ1v) is 19.6. The summed E-state index contributed by atoms with van der Waals surface area (Å²) in [5.41, 5.74) is 17.2. The molecule has 6 aromatic carbocycles. The molecule has 0 amide bonds. The van der Waals surface area contributed by atoms with Crippen molar-refractivity contribution < 1.29 is 4.74 Å². The molecule has 0 spiro atoms. The molecule has 0 unspecified atom stereocenters. The molecule has 0 saturated carbocycles. The third-order valence-corrected chi connectivity index (χ3v) is 11.3. The van der Waals surface area contributed by atoms with Gasteiger partial charge in [-0.25, -0.2) is 4.98 Å². The molecule has 0 saturated heterocycles. The van der Waals surface area contributed by atoms with Gasteiger partial charge in [-0.05, 0) is 146 Å². The zero-order valence-corrected chi connectivity index (χ0v) is 33.6. The number of aromatic nitrogens is 2. The average molecular weight is 733 g/mol. The predicted octanol–water partition coefficient (Wildman–Crippen LogP) is 13.7. The van der Waals surface area contributed by atoms with E-state index in [1.54, 1.807) is 0 Å². The molecular formula is C51H48N4O. The molecule has 0 bridgehead atoms. The van der Waals surface area contributed by atoms with Crippen LogP contribution in [-0.4, -0.2) is 16.2 Å². The normalized spacial score (nSPS) is 12.9. The summed E-state index contributed by atoms with van der Waals surface area (Å²) in [5.74, 6) is 2.47. The zero-order valence-electron chi connectivity index (χ0n) is 33.6. The Balaban J connectivity index is 1.05. The monoisotopic (exact) mass is 732 g/mol. The van der Waals surface area contributed by atoms with Gasteiger partial charge >= 0.3 is 0 Å². The van der Waals surface area contributed by atoms with E-state index in [-0.39, 0.29) is 5.41 Å². The maximum absolute atomic E-state index is 6.70. The molecule has 5 heteroatoms. The molecule has 3 heterocycles. The highest BCUT2D eigenvalue weighted by Crippen LogP contribution is 2.47. The van der Waals surface area contributed by atoms with E-state index in [4.69, 9.17) is 9.72 Å². The predicted molar refractivity (Wildman–Crippen MR) is 235 cm³/mol. The lowest BCUT2D eigenvalue weighted by Crippen LogP contribution is -2.25. The Bertz CT molecular complexity index is 2780. The summed E-state index contributed by atoms with van der Waals surface area (Å²) in [6.45, 7) is 18.5. The first-order chi connectivity index (χ1) is 26.9. The second-order valence-corrected chi connectivity index (χ2v) is 16.5. The van der Waals surface area contributed by atoms with Crippen LogP contribution in [0.4, 0.5) is 22.7 Å². The van der Waals surface area contributed by atoms with Crippen LogP contribution in [0.1, 0.15) is 54.2 Å². The summed E-state index contributed by atoms with van der Waals surface area (Å²) in [6, 6.07) is 45.7. The maximum atomic E-state index is 6.70. The summed E-state index contributed by atoms with van der Waals surface area (Å²) in [5, 5.41) is 2.36. The Kier molecular flexibility index (Phi) is 8.50. The van der Waals surface area contributed by atoms with Gasteiger partial charge in [-0.1, -0.05) is 74.9 Å². The molecule has 0 N–H and O–H groups in total. The highest BCUT2D eigenvalue weighted by atomic mass is 16.5. The Morgan fingerprint density at radius 1 is 0.571 bits per heavy atom. The zero-order chi connectivity index (χ0) is 38.9. The minimum absolute atomic E-state index is 0.00496. The van der Waals surface area contributed by atoms with E-state index in [2.05, 4.69) is 191 Å². The van der Waals surface area contributed by atoms with E-state index in [0.717, 1.165) is 34.0 Å². The number of hydrogen-bond donors (Lipinski definition) is 0. The van der Waals surface area contributed by atoms with Gasteiger partial charge in [0.1, 0.15) is 24.0 Å². The number of anilines is 4. The van der Waals surface area contributed by atoms with Crippen molar-refractivity contribution in [1.82, 2.24) is 9.55 Å². The number of hydrogen-bond acceptors (Lipinski definition) is 4. The largest absolute Gasteiger partial charge is 0.457 e. The fourth-order valence-electron chi connectivity index (χ4n) is 8.91. The number of rotatable bonds is 6. The third kappa shape index (κ3) is 6.08. The molecule has 5 nitrogen and oxygen atoms in total. The van der Waals surface area contributed by atoms with Crippen LogP contribution in [0.25, 0.3) is 38.8 Å². The number of fused-ring (bicyclic) bond motifs is 4. The molecule has 0 atom stereocenters. The van der Waals surface area contributed by atoms with Crippen LogP contribution in [0.2, 0.25) is 0 Å². The molecule has 0 radical (unpaired) electrons. The lowest BCUT2D eigenvalue weighted by molar-refractivity contribution is 0.483. The van der Waals surface area contributed by atoms with Crippen LogP contribution in [-0.2, 0) is 5.41 Å². The second-order valence-electron chi connectivity index (χ2n) is 16.5. The standard InChI is InChI=1S/C51H48N4O/c1-32-24-33(2)49(34(3)25-32)37-26-35(4)50(36(5)27-37)54-31-53(45-18-11-12-19-46(45)54)39-14-13-15-40(29-39)56-41-20-21-43-42-16-9-10-17-44(42)55(47(43)30-41)48-28-38(22-23-52-48)51(6,7)8/h9-30H,31H2,1-8H3. The summed E-state index contributed by atoms with van der Waals surface area (Å²) >= 11 is 0. The van der Waals surface area contributed by atoms with Crippen LogP contribution < -0.4 is 14.5 Å². The summed E-state index contributed by atoms with van der Waals surface area (Å²) in [7, 11) is 0. The van der Waals surface area contributed by atoms with Crippen molar-refractivity contribution in [2.45, 2.75) is 60.8 Å². The molecular weight excluding hydrogens is 685 g/mol. The highest BCUT2D eigenvalue weighted by Gasteiger charge is 2.30. The Hall–Kier alpha value is -6.33. The van der Waals surface area contributed by atoms with E-state index < -0.39 is 0 Å². The van der Waals surface area contributed by atoms with Gasteiger partial charge in [-0.3, -0.25) is 4.57 Å². The van der Waals surface area contributed by atoms with Crippen molar-refractivity contribution in [2.75, 3.05) is 16.5 Å². The minimum atomic E-state index is 0.00496. The first kappa shape index (κ1) is 35.4. The topological polar surface area (TPSA) is 33.5 Å². The van der Waals surface area contributed by atoms with Crippen molar-refractivity contribution in [1.29, 1.82) is 0 Å². The number of aryl methyl sites for hydroxylation is 5. The fourth-order valence-corrected chi connectivity index (χ4v) is 8.91. The van der Waals surface area contributed by atoms with Gasteiger partial charge in [0, 0.05) is 40.5 Å². The van der Waals surface area contributed by atoms with E-state index in [1.807, 2.05) is 12.3 Å². The van der Waals surface area contributed by atoms with E-state index in [0.29, 0.717) is 6.67 Å². The van der Waals surface area contributed by atoms with Crippen molar-refractivity contribution in [3.63, 3.8) is 0 Å². The lowest BCUT2D eigenvalue weighted by atomic mass is 9.88. The van der Waals surface area contributed by atoms with Crippen LogP contribution in [0.15, 0.2) is 134 Å². The van der Waals surface area contributed by atoms with Crippen LogP contribution in [0.3, 0.4) is 0 Å². The molecule has 278 valence electrons. The molecule has 0 fully saturated rings. The summed E-state index contributed by atoms with van der Waals surface area (Å²) in [4.78, 5) is 9.71. The van der Waals surface area contributed by atoms with Crippen molar-refractivity contribution >= 4 is 44.6 Å². The molecule has 9 rings (SSSR count). The molecule has 8 aromatic rings. The second kappa shape index (κ2) is 13.5. The summed E-state index contributed by atoms with van der Waals surface area (Å²) in [6.07, 6.45) is 1.92. The van der Waals surface area contributed by atoms with Crippen molar-refractivity contribution in [3.8, 4) is 28.4 Å². The molecule has 2 aromatic heterocycles. The molecule has 0 aliphatic carbocycles. The smallest absolute Gasteiger partial charge is 0.137 e. The highest BCUT2D eigenvalue weighted by molar-refractivity contribution is 6.09. The lowest BCUT2D eigenvalue weighted by Gasteiger charge is -2.26. The Morgan fingerprint density at radius 2 is 1.23 bits per heavy atom.